The number of nitrogens with one attached hydrogen (secondary N) is 1. The Morgan fingerprint density at radius 2 is 1.55 bits per heavy atom. The fourth-order valence-corrected chi connectivity index (χ4v) is 9.38. The third-order valence-corrected chi connectivity index (χ3v) is 12.7. The number of hydrogen-bond donors (Lipinski definition) is 3. The Labute approximate surface area is 348 Å². The molecule has 310 valence electrons. The van der Waals surface area contributed by atoms with Crippen LogP contribution in [0.4, 0.5) is 5.69 Å². The molecule has 3 N–H and O–H groups in total. The maximum atomic E-state index is 13.2. The maximum absolute atomic E-state index is 13.2. The lowest BCUT2D eigenvalue weighted by atomic mass is 9.93. The number of phenolic OH excluding ortho intramolecular Hbond substituents is 2. The van der Waals surface area contributed by atoms with Gasteiger partial charge in [0.05, 0.1) is 22.8 Å². The highest BCUT2D eigenvalue weighted by atomic mass is 16.5. The molecule has 0 aliphatic carbocycles. The molecule has 3 fully saturated rings. The van der Waals surface area contributed by atoms with Crippen molar-refractivity contribution in [3.8, 4) is 28.5 Å². The van der Waals surface area contributed by atoms with Crippen LogP contribution in [0.15, 0.2) is 84.9 Å². The van der Waals surface area contributed by atoms with Gasteiger partial charge in [-0.3, -0.25) is 29.3 Å². The number of fused-ring (bicyclic) bond motifs is 2. The van der Waals surface area contributed by atoms with E-state index in [0.29, 0.717) is 49.8 Å². The van der Waals surface area contributed by atoms with Gasteiger partial charge in [0.15, 0.2) is 6.61 Å². The number of nitrogens with zero attached hydrogens (tertiary/aromatic N) is 6. The average Bonchev–Trinajstić information content (AvgIpc) is 3.72. The predicted molar refractivity (Wildman–Crippen MR) is 230 cm³/mol. The van der Waals surface area contributed by atoms with Gasteiger partial charge < -0.3 is 29.3 Å². The van der Waals surface area contributed by atoms with Gasteiger partial charge in [-0.05, 0) is 116 Å². The van der Waals surface area contributed by atoms with E-state index in [2.05, 4.69) is 56.0 Å². The number of hydrogen-bond acceptors (Lipinski definition) is 9. The molecule has 60 heavy (non-hydrogen) atoms. The minimum Gasteiger partial charge on any atom is -0.508 e. The first-order valence-electron chi connectivity index (χ1n) is 21.0. The third kappa shape index (κ3) is 7.89. The first-order chi connectivity index (χ1) is 29.1. The predicted octanol–water partition coefficient (Wildman–Crippen LogP) is 5.92. The zero-order valence-electron chi connectivity index (χ0n) is 34.1. The number of benzene rings is 4. The van der Waals surface area contributed by atoms with Crippen LogP contribution in [-0.4, -0.2) is 105 Å². The second-order valence-electron chi connectivity index (χ2n) is 16.6. The number of anilines is 1. The van der Waals surface area contributed by atoms with Crippen LogP contribution >= 0.6 is 0 Å². The molecule has 13 nitrogen and oxygen atoms in total. The number of aromatic hydroxyl groups is 2. The van der Waals surface area contributed by atoms with E-state index in [1.807, 2.05) is 54.4 Å². The summed E-state index contributed by atoms with van der Waals surface area (Å²) >= 11 is 0. The summed E-state index contributed by atoms with van der Waals surface area (Å²) in [6.07, 6.45) is 2.98. The summed E-state index contributed by atoms with van der Waals surface area (Å²) in [6, 6.07) is 27.3. The number of aromatic nitrogens is 3. The van der Waals surface area contributed by atoms with E-state index in [4.69, 9.17) is 4.74 Å². The third-order valence-electron chi connectivity index (χ3n) is 12.7. The van der Waals surface area contributed by atoms with Crippen LogP contribution in [-0.2, 0) is 28.0 Å². The number of piperazine rings is 1. The molecule has 0 radical (unpaired) electrons. The molecule has 0 spiro atoms. The number of carbonyl (C=O) groups is 3. The molecule has 4 aromatic carbocycles. The normalized spacial score (nSPS) is 18.1. The number of phenols is 2. The number of carbonyl (C=O) groups excluding carboxylic acids is 3. The smallest absolute Gasteiger partial charge is 0.260 e. The standard InChI is InChI=1S/C47H51N7O6/c1-30-40-25-36(56)11-15-41(40)54(46(30)33-5-9-35(55)10-6-33)28-31-3-7-34(8-4-31)52-19-17-32(18-20-52)27-51-21-23-53(24-22-51)44(58)29-60-37-12-13-38-42(26-37)50(2)49-45(38)39-14-16-43(57)48-47(39)59/h3-13,15,25-26,32,39,55-56H,14,16-24,27-29H2,1-2H3,(H,48,57,59). The number of ether oxygens (including phenoxy) is 1. The summed E-state index contributed by atoms with van der Waals surface area (Å²) in [5.41, 5.74) is 8.12. The highest BCUT2D eigenvalue weighted by Crippen LogP contribution is 2.37. The monoisotopic (exact) mass is 809 g/mol. The van der Waals surface area contributed by atoms with Crippen molar-refractivity contribution in [1.82, 2.24) is 29.5 Å². The summed E-state index contributed by atoms with van der Waals surface area (Å²) in [5, 5.41) is 29.0. The van der Waals surface area contributed by atoms with Gasteiger partial charge in [0.25, 0.3) is 5.91 Å². The quantitative estimate of drug-likeness (QED) is 0.144. The van der Waals surface area contributed by atoms with Crippen molar-refractivity contribution in [3.05, 3.63) is 102 Å². The van der Waals surface area contributed by atoms with E-state index in [9.17, 15) is 24.6 Å². The Morgan fingerprint density at radius 1 is 0.817 bits per heavy atom. The van der Waals surface area contributed by atoms with Crippen LogP contribution in [0.5, 0.6) is 17.2 Å². The van der Waals surface area contributed by atoms with Gasteiger partial charge in [-0.15, -0.1) is 0 Å². The van der Waals surface area contributed by atoms with Crippen molar-refractivity contribution in [1.29, 1.82) is 0 Å². The first kappa shape index (κ1) is 39.1. The first-order valence-corrected chi connectivity index (χ1v) is 21.0. The fourth-order valence-electron chi connectivity index (χ4n) is 9.38. The Balaban J connectivity index is 0.743. The molecule has 9 rings (SSSR count). The molecule has 3 aliphatic rings. The second kappa shape index (κ2) is 16.4. The molecule has 3 saturated heterocycles. The van der Waals surface area contributed by atoms with E-state index in [-0.39, 0.29) is 35.8 Å². The van der Waals surface area contributed by atoms with Crippen LogP contribution in [0, 0.1) is 12.8 Å². The van der Waals surface area contributed by atoms with Crippen molar-refractivity contribution in [2.75, 3.05) is 57.3 Å². The van der Waals surface area contributed by atoms with Gasteiger partial charge in [-0.25, -0.2) is 0 Å². The molecular formula is C47H51N7O6. The zero-order chi connectivity index (χ0) is 41.5. The van der Waals surface area contributed by atoms with Gasteiger partial charge >= 0.3 is 0 Å². The molecule has 2 aromatic heterocycles. The van der Waals surface area contributed by atoms with Crippen molar-refractivity contribution >= 4 is 45.2 Å². The summed E-state index contributed by atoms with van der Waals surface area (Å²) in [4.78, 5) is 44.2. The second-order valence-corrected chi connectivity index (χ2v) is 16.6. The van der Waals surface area contributed by atoms with E-state index in [1.165, 1.54) is 11.3 Å². The molecule has 0 saturated carbocycles. The number of imide groups is 1. The lowest BCUT2D eigenvalue weighted by molar-refractivity contribution is -0.135. The summed E-state index contributed by atoms with van der Waals surface area (Å²) < 4.78 is 9.97. The highest BCUT2D eigenvalue weighted by molar-refractivity contribution is 6.02. The van der Waals surface area contributed by atoms with Crippen molar-refractivity contribution < 1.29 is 29.3 Å². The van der Waals surface area contributed by atoms with Crippen molar-refractivity contribution in [2.45, 2.75) is 45.1 Å². The minimum absolute atomic E-state index is 0.0294. The molecule has 1 atom stereocenters. The fraction of sp³-hybridized carbons (Fsp3) is 0.362. The van der Waals surface area contributed by atoms with E-state index >= 15 is 0 Å². The van der Waals surface area contributed by atoms with Crippen LogP contribution in [0.2, 0.25) is 0 Å². The summed E-state index contributed by atoms with van der Waals surface area (Å²) in [7, 11) is 1.81. The zero-order valence-corrected chi connectivity index (χ0v) is 34.1. The SMILES string of the molecule is Cc1c(-c2ccc(O)cc2)n(Cc2ccc(N3CCC(CN4CCN(C(=O)COc5ccc6c(C7CCC(=O)NC7=O)nn(C)c6c5)CC4)CC3)cc2)c2ccc(O)cc12. The Kier molecular flexibility index (Phi) is 10.7. The molecule has 1 unspecified atom stereocenters. The Hall–Kier alpha value is -6.34. The van der Waals surface area contributed by atoms with Crippen LogP contribution in [0.1, 0.15) is 48.4 Å². The number of amides is 3. The lowest BCUT2D eigenvalue weighted by Crippen LogP contribution is -2.51. The number of piperidine rings is 2. The maximum Gasteiger partial charge on any atom is 0.260 e. The minimum atomic E-state index is -0.475. The molecule has 0 bridgehead atoms. The molecular weight excluding hydrogens is 759 g/mol. The van der Waals surface area contributed by atoms with Crippen LogP contribution in [0.3, 0.4) is 0 Å². The van der Waals surface area contributed by atoms with E-state index in [1.54, 1.807) is 22.9 Å². The molecule has 13 heteroatoms. The Morgan fingerprint density at radius 3 is 2.28 bits per heavy atom. The lowest BCUT2D eigenvalue weighted by Gasteiger charge is -2.39. The molecule has 3 aliphatic heterocycles. The van der Waals surface area contributed by atoms with Crippen LogP contribution < -0.4 is 15.0 Å². The van der Waals surface area contributed by atoms with Gasteiger partial charge in [-0.2, -0.15) is 5.10 Å². The highest BCUT2D eigenvalue weighted by Gasteiger charge is 2.32. The molecule has 6 aromatic rings. The Bertz CT molecular complexity index is 2560. The topological polar surface area (TPSA) is 145 Å². The van der Waals surface area contributed by atoms with Crippen molar-refractivity contribution in [2.24, 2.45) is 13.0 Å². The number of aryl methyl sites for hydroxylation is 2. The van der Waals surface area contributed by atoms with Crippen molar-refractivity contribution in [3.63, 3.8) is 0 Å². The largest absolute Gasteiger partial charge is 0.508 e. The number of rotatable bonds is 10. The van der Waals surface area contributed by atoms with Gasteiger partial charge in [0, 0.05) is 93.9 Å². The van der Waals surface area contributed by atoms with E-state index < -0.39 is 5.92 Å². The molecule has 3 amide bonds. The average molecular weight is 810 g/mol. The van der Waals surface area contributed by atoms with Crippen LogP contribution in [0.25, 0.3) is 33.1 Å². The summed E-state index contributed by atoms with van der Waals surface area (Å²) in [5.74, 6) is 0.586. The van der Waals surface area contributed by atoms with E-state index in [0.717, 1.165) is 84.2 Å². The summed E-state index contributed by atoms with van der Waals surface area (Å²) in [6.45, 7) is 8.85. The van der Waals surface area contributed by atoms with Gasteiger partial charge in [0.2, 0.25) is 11.8 Å². The van der Waals surface area contributed by atoms with Gasteiger partial charge in [-0.1, -0.05) is 12.1 Å². The molecule has 5 heterocycles. The van der Waals surface area contributed by atoms with Gasteiger partial charge in [0.1, 0.15) is 17.2 Å².